The Kier molecular flexibility index (Phi) is 10.9. The lowest BCUT2D eigenvalue weighted by Gasteiger charge is -2.40. The minimum absolute atomic E-state index is 0.00381. The molecule has 38 heavy (non-hydrogen) atoms. The van der Waals surface area contributed by atoms with Gasteiger partial charge < -0.3 is 35.0 Å². The van der Waals surface area contributed by atoms with Crippen LogP contribution < -0.4 is 14.8 Å². The van der Waals surface area contributed by atoms with E-state index < -0.39 is 30.0 Å². The Hall–Kier alpha value is -2.74. The fourth-order valence-electron chi connectivity index (χ4n) is 4.30. The van der Waals surface area contributed by atoms with Gasteiger partial charge in [0.2, 0.25) is 11.8 Å². The van der Waals surface area contributed by atoms with E-state index in [2.05, 4.69) is 5.32 Å². The number of hydrogen-bond donors (Lipinski definition) is 4. The van der Waals surface area contributed by atoms with Gasteiger partial charge in [0, 0.05) is 37.1 Å². The zero-order valence-corrected chi connectivity index (χ0v) is 23.4. The summed E-state index contributed by atoms with van der Waals surface area (Å²) in [6.07, 6.45) is -0.756. The molecule has 1 aliphatic rings. The average molecular weight is 642 g/mol. The first kappa shape index (κ1) is 29.8. The fourth-order valence-corrected chi connectivity index (χ4v) is 5.09. The first-order valence-electron chi connectivity index (χ1n) is 12.2. The predicted molar refractivity (Wildman–Crippen MR) is 146 cm³/mol. The summed E-state index contributed by atoms with van der Waals surface area (Å²) in [6.45, 7) is 1.12. The summed E-state index contributed by atoms with van der Waals surface area (Å²) < 4.78 is 26.8. The lowest BCUT2D eigenvalue weighted by molar-refractivity contribution is -0.139. The molecule has 0 saturated carbocycles. The normalized spacial score (nSPS) is 18.9. The SMILES string of the molecule is CCC(=O)N(Cc1ccccc1F)[C@@H]1CC(C(=O)NCCO)=C[C@H](Oc2c(I)cc(CO)cc2OC)[C@H]1O. The summed E-state index contributed by atoms with van der Waals surface area (Å²) in [5.41, 5.74) is 1.13. The van der Waals surface area contributed by atoms with E-state index >= 15 is 0 Å². The molecule has 11 heteroatoms. The molecule has 0 fully saturated rings. The molecule has 0 aromatic heterocycles. The van der Waals surface area contributed by atoms with Crippen LogP contribution in [0.3, 0.4) is 0 Å². The maximum Gasteiger partial charge on any atom is 0.247 e. The fraction of sp³-hybridized carbons (Fsp3) is 0.407. The summed E-state index contributed by atoms with van der Waals surface area (Å²) in [4.78, 5) is 27.4. The van der Waals surface area contributed by atoms with E-state index in [4.69, 9.17) is 14.6 Å². The average Bonchev–Trinajstić information content (AvgIpc) is 2.92. The summed E-state index contributed by atoms with van der Waals surface area (Å²) >= 11 is 2.02. The molecule has 0 heterocycles. The van der Waals surface area contributed by atoms with Gasteiger partial charge in [-0.3, -0.25) is 9.59 Å². The highest BCUT2D eigenvalue weighted by atomic mass is 127. The molecule has 2 amide bonds. The minimum atomic E-state index is -1.27. The van der Waals surface area contributed by atoms with E-state index in [1.165, 1.54) is 24.2 Å². The number of hydrogen-bond acceptors (Lipinski definition) is 7. The zero-order valence-electron chi connectivity index (χ0n) is 21.2. The van der Waals surface area contributed by atoms with E-state index in [0.717, 1.165) is 0 Å². The number of carbonyl (C=O) groups is 2. The van der Waals surface area contributed by atoms with Gasteiger partial charge in [-0.25, -0.2) is 4.39 Å². The molecule has 2 aromatic rings. The summed E-state index contributed by atoms with van der Waals surface area (Å²) in [5, 5.41) is 32.8. The number of methoxy groups -OCH3 is 1. The van der Waals surface area contributed by atoms with Crippen LogP contribution in [0.15, 0.2) is 48.0 Å². The smallest absolute Gasteiger partial charge is 0.247 e. The first-order valence-corrected chi connectivity index (χ1v) is 13.3. The Bertz CT molecular complexity index is 1180. The van der Waals surface area contributed by atoms with E-state index in [-0.39, 0.29) is 56.2 Å². The Labute approximate surface area is 234 Å². The number of halogens is 2. The van der Waals surface area contributed by atoms with Gasteiger partial charge in [0.1, 0.15) is 18.0 Å². The van der Waals surface area contributed by atoms with Crippen LogP contribution in [0.25, 0.3) is 0 Å². The lowest BCUT2D eigenvalue weighted by atomic mass is 9.87. The van der Waals surface area contributed by atoms with Crippen molar-refractivity contribution in [2.75, 3.05) is 20.3 Å². The molecule has 3 atom stereocenters. The Morgan fingerprint density at radius 3 is 2.61 bits per heavy atom. The van der Waals surface area contributed by atoms with Crippen molar-refractivity contribution in [3.05, 3.63) is 68.6 Å². The monoisotopic (exact) mass is 642 g/mol. The topological polar surface area (TPSA) is 129 Å². The maximum atomic E-state index is 14.5. The lowest BCUT2D eigenvalue weighted by Crippen LogP contribution is -2.54. The van der Waals surface area contributed by atoms with Gasteiger partial charge in [0.05, 0.1) is 29.9 Å². The predicted octanol–water partition coefficient (Wildman–Crippen LogP) is 2.29. The quantitative estimate of drug-likeness (QED) is 0.277. The van der Waals surface area contributed by atoms with Crippen LogP contribution in [-0.4, -0.2) is 70.5 Å². The molecule has 0 aliphatic heterocycles. The molecule has 0 radical (unpaired) electrons. The van der Waals surface area contributed by atoms with Crippen molar-refractivity contribution < 1.29 is 38.8 Å². The first-order chi connectivity index (χ1) is 18.2. The van der Waals surface area contributed by atoms with Gasteiger partial charge >= 0.3 is 0 Å². The van der Waals surface area contributed by atoms with Gasteiger partial charge in [-0.2, -0.15) is 0 Å². The number of nitrogens with zero attached hydrogens (tertiary/aromatic N) is 1. The third-order valence-electron chi connectivity index (χ3n) is 6.26. The van der Waals surface area contributed by atoms with Crippen LogP contribution in [0.2, 0.25) is 0 Å². The summed E-state index contributed by atoms with van der Waals surface area (Å²) in [5.74, 6) is -0.671. The number of rotatable bonds is 11. The second kappa shape index (κ2) is 13.9. The molecule has 0 bridgehead atoms. The Morgan fingerprint density at radius 2 is 1.97 bits per heavy atom. The molecule has 9 nitrogen and oxygen atoms in total. The second-order valence-electron chi connectivity index (χ2n) is 8.75. The van der Waals surface area contributed by atoms with Gasteiger partial charge in [-0.15, -0.1) is 0 Å². The molecule has 206 valence electrons. The molecular formula is C27H32FIN2O7. The summed E-state index contributed by atoms with van der Waals surface area (Å²) in [6, 6.07) is 8.47. The number of aliphatic hydroxyl groups is 3. The van der Waals surface area contributed by atoms with Gasteiger partial charge in [0.25, 0.3) is 0 Å². The third kappa shape index (κ3) is 7.01. The second-order valence-corrected chi connectivity index (χ2v) is 9.91. The van der Waals surface area contributed by atoms with Crippen LogP contribution >= 0.6 is 22.6 Å². The molecule has 1 aliphatic carbocycles. The van der Waals surface area contributed by atoms with Crippen molar-refractivity contribution in [3.8, 4) is 11.5 Å². The zero-order chi connectivity index (χ0) is 27.8. The molecule has 0 spiro atoms. The van der Waals surface area contributed by atoms with E-state index in [1.807, 2.05) is 22.6 Å². The van der Waals surface area contributed by atoms with E-state index in [9.17, 15) is 24.2 Å². The summed E-state index contributed by atoms with van der Waals surface area (Å²) in [7, 11) is 1.44. The van der Waals surface area contributed by atoms with Crippen molar-refractivity contribution in [2.45, 2.75) is 51.2 Å². The number of benzene rings is 2. The van der Waals surface area contributed by atoms with E-state index in [1.54, 1.807) is 37.3 Å². The molecule has 2 aromatic carbocycles. The third-order valence-corrected chi connectivity index (χ3v) is 7.06. The van der Waals surface area contributed by atoms with Gasteiger partial charge in [-0.05, 0) is 52.4 Å². The standard InChI is InChI=1S/C27H32FIN2O7/c1-3-24(34)31(14-17-6-4-5-7-19(17)28)21-12-18(27(36)30-8-9-32)13-22(25(21)35)38-26-20(29)10-16(15-33)11-23(26)37-2/h4-7,10-11,13,21-22,25,32-33,35H,3,8-9,12,14-15H2,1-2H3,(H,30,36)/t21-,22+,25+/m1/s1. The maximum absolute atomic E-state index is 14.5. The Balaban J connectivity index is 2.03. The number of nitrogens with one attached hydrogen (secondary N) is 1. The van der Waals surface area contributed by atoms with Crippen molar-refractivity contribution in [1.29, 1.82) is 0 Å². The van der Waals surface area contributed by atoms with Crippen LogP contribution in [-0.2, 0) is 22.7 Å². The van der Waals surface area contributed by atoms with Gasteiger partial charge in [-0.1, -0.05) is 25.1 Å². The molecule has 4 N–H and O–H groups in total. The van der Waals surface area contributed by atoms with Crippen molar-refractivity contribution >= 4 is 34.4 Å². The molecule has 0 saturated heterocycles. The highest BCUT2D eigenvalue weighted by molar-refractivity contribution is 14.1. The van der Waals surface area contributed by atoms with Crippen molar-refractivity contribution in [1.82, 2.24) is 10.2 Å². The van der Waals surface area contributed by atoms with E-state index in [0.29, 0.717) is 20.6 Å². The van der Waals surface area contributed by atoms with Crippen LogP contribution in [0, 0.1) is 9.39 Å². The minimum Gasteiger partial charge on any atom is -0.493 e. The Morgan fingerprint density at radius 1 is 1.24 bits per heavy atom. The number of ether oxygens (including phenoxy) is 2. The number of carbonyl (C=O) groups excluding carboxylic acids is 2. The highest BCUT2D eigenvalue weighted by Crippen LogP contribution is 2.37. The van der Waals surface area contributed by atoms with Crippen LogP contribution in [0.1, 0.15) is 30.9 Å². The van der Waals surface area contributed by atoms with Crippen molar-refractivity contribution in [3.63, 3.8) is 0 Å². The molecule has 0 unspecified atom stereocenters. The largest absolute Gasteiger partial charge is 0.493 e. The van der Waals surface area contributed by atoms with Gasteiger partial charge in [0.15, 0.2) is 11.5 Å². The molecule has 3 rings (SSSR count). The number of amides is 2. The van der Waals surface area contributed by atoms with Crippen LogP contribution in [0.5, 0.6) is 11.5 Å². The highest BCUT2D eigenvalue weighted by Gasteiger charge is 2.40. The number of aliphatic hydroxyl groups excluding tert-OH is 3. The molecular weight excluding hydrogens is 610 g/mol. The van der Waals surface area contributed by atoms with Crippen molar-refractivity contribution in [2.24, 2.45) is 0 Å². The van der Waals surface area contributed by atoms with Crippen LogP contribution in [0.4, 0.5) is 4.39 Å².